The lowest BCUT2D eigenvalue weighted by Crippen LogP contribution is -2.25. The Morgan fingerprint density at radius 1 is 1.32 bits per heavy atom. The Bertz CT molecular complexity index is 567. The summed E-state index contributed by atoms with van der Waals surface area (Å²) in [5.74, 6) is -0.150. The van der Waals surface area contributed by atoms with Gasteiger partial charge in [-0.25, -0.2) is 4.39 Å². The molecule has 1 fully saturated rings. The number of rotatable bonds is 4. The van der Waals surface area contributed by atoms with E-state index in [9.17, 15) is 4.39 Å². The summed E-state index contributed by atoms with van der Waals surface area (Å²) in [5, 5.41) is 4.66. The van der Waals surface area contributed by atoms with Crippen molar-refractivity contribution in [1.29, 1.82) is 0 Å². The molecule has 0 radical (unpaired) electrons. The first-order valence-electron chi connectivity index (χ1n) is 7.28. The summed E-state index contributed by atoms with van der Waals surface area (Å²) in [7, 11) is 0. The molecule has 0 amide bonds. The number of benzene rings is 1. The summed E-state index contributed by atoms with van der Waals surface area (Å²) in [6.45, 7) is 3.89. The zero-order chi connectivity index (χ0) is 13.2. The van der Waals surface area contributed by atoms with Crippen molar-refractivity contribution < 1.29 is 4.39 Å². The second-order valence-corrected chi connectivity index (χ2v) is 5.46. The number of aryl methyl sites for hydroxylation is 1. The number of nitrogens with zero attached hydrogens (tertiary/aromatic N) is 1. The lowest BCUT2D eigenvalue weighted by atomic mass is 10.1. The average molecular weight is 260 g/mol. The number of halogens is 1. The molecule has 19 heavy (non-hydrogen) atoms. The molecular weight excluding hydrogens is 239 g/mol. The van der Waals surface area contributed by atoms with Crippen LogP contribution in [-0.2, 0) is 13.1 Å². The molecule has 1 N–H and O–H groups in total. The minimum Gasteiger partial charge on any atom is -0.347 e. The van der Waals surface area contributed by atoms with Gasteiger partial charge in [0.2, 0.25) is 0 Å². The van der Waals surface area contributed by atoms with Gasteiger partial charge in [-0.1, -0.05) is 12.8 Å². The van der Waals surface area contributed by atoms with Crippen LogP contribution < -0.4 is 5.32 Å². The van der Waals surface area contributed by atoms with Gasteiger partial charge in [-0.05, 0) is 43.5 Å². The van der Waals surface area contributed by atoms with Gasteiger partial charge in [0.15, 0.2) is 0 Å². The molecule has 1 aliphatic carbocycles. The topological polar surface area (TPSA) is 17.0 Å². The van der Waals surface area contributed by atoms with Crippen LogP contribution in [0.4, 0.5) is 4.39 Å². The predicted molar refractivity (Wildman–Crippen MR) is 76.7 cm³/mol. The molecule has 1 aliphatic rings. The Labute approximate surface area is 113 Å². The van der Waals surface area contributed by atoms with Crippen LogP contribution >= 0.6 is 0 Å². The summed E-state index contributed by atoms with van der Waals surface area (Å²) < 4.78 is 15.6. The minimum atomic E-state index is -0.150. The van der Waals surface area contributed by atoms with Gasteiger partial charge in [-0.2, -0.15) is 0 Å². The smallest absolute Gasteiger partial charge is 0.123 e. The van der Waals surface area contributed by atoms with E-state index in [4.69, 9.17) is 0 Å². The molecule has 0 unspecified atom stereocenters. The van der Waals surface area contributed by atoms with Crippen molar-refractivity contribution >= 4 is 10.9 Å². The van der Waals surface area contributed by atoms with Gasteiger partial charge in [-0.15, -0.1) is 0 Å². The molecule has 1 heterocycles. The Hall–Kier alpha value is -1.35. The normalized spacial score (nSPS) is 16.5. The Morgan fingerprint density at radius 3 is 2.84 bits per heavy atom. The number of hydrogen-bond acceptors (Lipinski definition) is 1. The van der Waals surface area contributed by atoms with Crippen molar-refractivity contribution in [2.24, 2.45) is 0 Å². The highest BCUT2D eigenvalue weighted by Gasteiger charge is 2.15. The first kappa shape index (κ1) is 12.7. The third-order valence-corrected chi connectivity index (χ3v) is 4.20. The van der Waals surface area contributed by atoms with Crippen LogP contribution in [0.15, 0.2) is 24.4 Å². The number of nitrogens with one attached hydrogen (secondary N) is 1. The van der Waals surface area contributed by atoms with E-state index in [1.165, 1.54) is 31.2 Å². The van der Waals surface area contributed by atoms with E-state index in [-0.39, 0.29) is 5.82 Å². The van der Waals surface area contributed by atoms with Crippen LogP contribution in [0.1, 0.15) is 38.2 Å². The lowest BCUT2D eigenvalue weighted by molar-refractivity contribution is 0.525. The molecule has 0 bridgehead atoms. The second-order valence-electron chi connectivity index (χ2n) is 5.46. The largest absolute Gasteiger partial charge is 0.347 e. The van der Waals surface area contributed by atoms with Crippen molar-refractivity contribution in [1.82, 2.24) is 9.88 Å². The molecule has 0 aliphatic heterocycles. The van der Waals surface area contributed by atoms with Crippen LogP contribution in [-0.4, -0.2) is 10.6 Å². The Balaban J connectivity index is 1.86. The third-order valence-electron chi connectivity index (χ3n) is 4.20. The van der Waals surface area contributed by atoms with Gasteiger partial charge < -0.3 is 9.88 Å². The molecule has 1 saturated carbocycles. The molecule has 0 saturated heterocycles. The van der Waals surface area contributed by atoms with Gasteiger partial charge in [0, 0.05) is 36.2 Å². The molecule has 102 valence electrons. The highest BCUT2D eigenvalue weighted by atomic mass is 19.1. The molecule has 0 atom stereocenters. The van der Waals surface area contributed by atoms with Crippen molar-refractivity contribution in [3.05, 3.63) is 35.8 Å². The molecular formula is C16H21FN2. The van der Waals surface area contributed by atoms with Crippen molar-refractivity contribution in [2.45, 2.75) is 51.7 Å². The fourth-order valence-corrected chi connectivity index (χ4v) is 3.13. The quantitative estimate of drug-likeness (QED) is 0.884. The van der Waals surface area contributed by atoms with E-state index in [0.717, 1.165) is 24.0 Å². The maximum absolute atomic E-state index is 13.4. The molecule has 1 aromatic heterocycles. The minimum absolute atomic E-state index is 0.150. The average Bonchev–Trinajstić information content (AvgIpc) is 3.03. The molecule has 1 aromatic carbocycles. The van der Waals surface area contributed by atoms with Gasteiger partial charge >= 0.3 is 0 Å². The van der Waals surface area contributed by atoms with Crippen molar-refractivity contribution in [3.63, 3.8) is 0 Å². The highest BCUT2D eigenvalue weighted by molar-refractivity contribution is 5.84. The van der Waals surface area contributed by atoms with Gasteiger partial charge in [-0.3, -0.25) is 0 Å². The molecule has 0 spiro atoms. The zero-order valence-electron chi connectivity index (χ0n) is 11.5. The van der Waals surface area contributed by atoms with E-state index in [0.29, 0.717) is 6.04 Å². The van der Waals surface area contributed by atoms with Crippen LogP contribution in [0.2, 0.25) is 0 Å². The number of hydrogen-bond donors (Lipinski definition) is 1. The predicted octanol–water partition coefficient (Wildman–Crippen LogP) is 3.83. The fourth-order valence-electron chi connectivity index (χ4n) is 3.13. The number of fused-ring (bicyclic) bond motifs is 1. The summed E-state index contributed by atoms with van der Waals surface area (Å²) >= 11 is 0. The standard InChI is InChI=1S/C16H21FN2/c1-2-19-11-12(10-18-14-5-3-4-6-14)15-9-13(17)7-8-16(15)19/h7-9,11,14,18H,2-6,10H2,1H3. The first-order chi connectivity index (χ1) is 9.28. The lowest BCUT2D eigenvalue weighted by Gasteiger charge is -2.10. The Morgan fingerprint density at radius 2 is 2.11 bits per heavy atom. The summed E-state index contributed by atoms with van der Waals surface area (Å²) in [6.07, 6.45) is 7.39. The van der Waals surface area contributed by atoms with Crippen LogP contribution in [0.25, 0.3) is 10.9 Å². The molecule has 3 rings (SSSR count). The molecule has 2 nitrogen and oxygen atoms in total. The van der Waals surface area contributed by atoms with E-state index in [1.807, 2.05) is 6.07 Å². The Kier molecular flexibility index (Phi) is 3.56. The van der Waals surface area contributed by atoms with Gasteiger partial charge in [0.05, 0.1) is 0 Å². The van der Waals surface area contributed by atoms with E-state index in [1.54, 1.807) is 12.1 Å². The highest BCUT2D eigenvalue weighted by Crippen LogP contribution is 2.24. The first-order valence-corrected chi connectivity index (χ1v) is 7.28. The third kappa shape index (κ3) is 2.52. The van der Waals surface area contributed by atoms with Crippen molar-refractivity contribution in [3.8, 4) is 0 Å². The monoisotopic (exact) mass is 260 g/mol. The van der Waals surface area contributed by atoms with Crippen LogP contribution in [0.5, 0.6) is 0 Å². The summed E-state index contributed by atoms with van der Waals surface area (Å²) in [5.41, 5.74) is 2.34. The van der Waals surface area contributed by atoms with Crippen LogP contribution in [0.3, 0.4) is 0 Å². The zero-order valence-corrected chi connectivity index (χ0v) is 11.5. The molecule has 2 aromatic rings. The van der Waals surface area contributed by atoms with E-state index < -0.39 is 0 Å². The maximum atomic E-state index is 13.4. The van der Waals surface area contributed by atoms with E-state index in [2.05, 4.69) is 23.0 Å². The molecule has 3 heteroatoms. The van der Waals surface area contributed by atoms with Gasteiger partial charge in [0.25, 0.3) is 0 Å². The van der Waals surface area contributed by atoms with E-state index >= 15 is 0 Å². The summed E-state index contributed by atoms with van der Waals surface area (Å²) in [6, 6.07) is 5.73. The van der Waals surface area contributed by atoms with Crippen LogP contribution in [0, 0.1) is 5.82 Å². The maximum Gasteiger partial charge on any atom is 0.123 e. The number of aromatic nitrogens is 1. The van der Waals surface area contributed by atoms with Crippen molar-refractivity contribution in [2.75, 3.05) is 0 Å². The fraction of sp³-hybridized carbons (Fsp3) is 0.500. The SMILES string of the molecule is CCn1cc(CNC2CCCC2)c2cc(F)ccc21. The second kappa shape index (κ2) is 5.33. The summed E-state index contributed by atoms with van der Waals surface area (Å²) in [4.78, 5) is 0. The van der Waals surface area contributed by atoms with Gasteiger partial charge in [0.1, 0.15) is 5.82 Å².